The number of phenolic OH excluding ortho intramolecular Hbond substituents is 2. The highest BCUT2D eigenvalue weighted by Gasteiger charge is 2.42. The second-order valence-electron chi connectivity index (χ2n) is 8.15. The van der Waals surface area contributed by atoms with Crippen LogP contribution in [0.5, 0.6) is 11.5 Å². The highest BCUT2D eigenvalue weighted by molar-refractivity contribution is 6.32. The summed E-state index contributed by atoms with van der Waals surface area (Å²) < 4.78 is 74.6. The number of phenols is 2. The Hall–Kier alpha value is -4.24. The molecule has 4 aromatic rings. The van der Waals surface area contributed by atoms with Gasteiger partial charge in [-0.15, -0.1) is 0 Å². The second kappa shape index (κ2) is 9.67. The van der Waals surface area contributed by atoms with E-state index >= 15 is 8.78 Å². The van der Waals surface area contributed by atoms with Crippen LogP contribution in [0.25, 0.3) is 6.08 Å². The van der Waals surface area contributed by atoms with Crippen LogP contribution in [0.2, 0.25) is 5.02 Å². The van der Waals surface area contributed by atoms with Crippen LogP contribution in [0.4, 0.5) is 33.3 Å². The number of anilines is 2. The SMILES string of the molecule is Nc1cc(C(C=Cc2ccccc2Cl)(c2ccc(F)cc2)c2cc(N)c(O)c(F)c2F)c(F)c(F)c1O. The number of nitrogens with two attached hydrogens (primary N) is 2. The molecule has 0 aliphatic heterocycles. The molecule has 190 valence electrons. The highest BCUT2D eigenvalue weighted by atomic mass is 35.5. The number of halogens is 6. The van der Waals surface area contributed by atoms with Crippen LogP contribution in [0.15, 0.2) is 66.7 Å². The summed E-state index contributed by atoms with van der Waals surface area (Å²) in [4.78, 5) is 0. The van der Waals surface area contributed by atoms with E-state index in [9.17, 15) is 23.4 Å². The lowest BCUT2D eigenvalue weighted by molar-refractivity contribution is 0.397. The van der Waals surface area contributed by atoms with Gasteiger partial charge in [0.05, 0.1) is 16.8 Å². The highest BCUT2D eigenvalue weighted by Crippen LogP contribution is 2.48. The summed E-state index contributed by atoms with van der Waals surface area (Å²) in [7, 11) is 0. The number of hydrogen-bond donors (Lipinski definition) is 4. The molecule has 0 aliphatic carbocycles. The van der Waals surface area contributed by atoms with Gasteiger partial charge >= 0.3 is 0 Å². The molecule has 4 nitrogen and oxygen atoms in total. The van der Waals surface area contributed by atoms with Gasteiger partial charge in [-0.25, -0.2) is 13.2 Å². The van der Waals surface area contributed by atoms with Crippen molar-refractivity contribution in [2.75, 3.05) is 11.5 Å². The molecule has 0 saturated heterocycles. The third-order valence-electron chi connectivity index (χ3n) is 5.99. The van der Waals surface area contributed by atoms with Crippen LogP contribution >= 0.6 is 11.6 Å². The lowest BCUT2D eigenvalue weighted by Crippen LogP contribution is -2.31. The van der Waals surface area contributed by atoms with Crippen molar-refractivity contribution < 1.29 is 32.2 Å². The molecule has 4 rings (SSSR count). The fraction of sp³-hybridized carbons (Fsp3) is 0.0370. The summed E-state index contributed by atoms with van der Waals surface area (Å²) in [5.74, 6) is -9.89. The Morgan fingerprint density at radius 3 is 1.68 bits per heavy atom. The lowest BCUT2D eigenvalue weighted by atomic mass is 9.68. The second-order valence-corrected chi connectivity index (χ2v) is 8.56. The van der Waals surface area contributed by atoms with E-state index in [1.807, 2.05) is 0 Å². The predicted molar refractivity (Wildman–Crippen MR) is 132 cm³/mol. The Morgan fingerprint density at radius 1 is 0.703 bits per heavy atom. The number of benzene rings is 4. The molecule has 0 unspecified atom stereocenters. The fourth-order valence-corrected chi connectivity index (χ4v) is 4.31. The predicted octanol–water partition coefficient (Wildman–Crippen LogP) is 6.66. The molecule has 6 N–H and O–H groups in total. The first-order valence-electron chi connectivity index (χ1n) is 10.6. The zero-order valence-corrected chi connectivity index (χ0v) is 19.5. The molecule has 0 aliphatic rings. The monoisotopic (exact) mass is 532 g/mol. The van der Waals surface area contributed by atoms with Gasteiger partial charge in [0.15, 0.2) is 23.1 Å². The van der Waals surface area contributed by atoms with Crippen LogP contribution in [0, 0.1) is 29.1 Å². The van der Waals surface area contributed by atoms with Crippen molar-refractivity contribution in [1.29, 1.82) is 0 Å². The number of rotatable bonds is 5. The summed E-state index contributed by atoms with van der Waals surface area (Å²) in [5, 5.41) is 20.0. The van der Waals surface area contributed by atoms with Crippen molar-refractivity contribution in [2.24, 2.45) is 0 Å². The van der Waals surface area contributed by atoms with E-state index in [1.165, 1.54) is 12.2 Å². The van der Waals surface area contributed by atoms with Crippen LogP contribution in [-0.2, 0) is 5.41 Å². The van der Waals surface area contributed by atoms with Gasteiger partial charge in [0.1, 0.15) is 5.82 Å². The molecule has 0 aromatic heterocycles. The van der Waals surface area contributed by atoms with Crippen LogP contribution in [-0.4, -0.2) is 10.2 Å². The maximum Gasteiger partial charge on any atom is 0.202 e. The van der Waals surface area contributed by atoms with Crippen molar-refractivity contribution >= 4 is 29.1 Å². The van der Waals surface area contributed by atoms with E-state index in [1.54, 1.807) is 24.3 Å². The summed E-state index contributed by atoms with van der Waals surface area (Å²) in [6.45, 7) is 0. The van der Waals surface area contributed by atoms with Gasteiger partial charge < -0.3 is 21.7 Å². The average molecular weight is 533 g/mol. The molecule has 0 fully saturated rings. The molecule has 0 atom stereocenters. The van der Waals surface area contributed by atoms with Gasteiger partial charge in [-0.3, -0.25) is 0 Å². The van der Waals surface area contributed by atoms with Crippen molar-refractivity contribution in [3.63, 3.8) is 0 Å². The van der Waals surface area contributed by atoms with Gasteiger partial charge in [0, 0.05) is 16.1 Å². The van der Waals surface area contributed by atoms with E-state index < -0.39 is 68.5 Å². The first kappa shape index (κ1) is 25.8. The Bertz CT molecular complexity index is 1480. The quantitative estimate of drug-likeness (QED) is 0.100. The average Bonchev–Trinajstić information content (AvgIpc) is 2.88. The summed E-state index contributed by atoms with van der Waals surface area (Å²) >= 11 is 6.24. The first-order valence-corrected chi connectivity index (χ1v) is 11.0. The molecular formula is C27H18ClF5N2O2. The Balaban J connectivity index is 2.24. The largest absolute Gasteiger partial charge is 0.503 e. The molecule has 10 heteroatoms. The van der Waals surface area contributed by atoms with Crippen molar-refractivity contribution in [2.45, 2.75) is 5.41 Å². The lowest BCUT2D eigenvalue weighted by Gasteiger charge is -2.34. The Kier molecular flexibility index (Phi) is 6.75. The van der Waals surface area contributed by atoms with E-state index in [4.69, 9.17) is 23.1 Å². The molecular weight excluding hydrogens is 515 g/mol. The first-order chi connectivity index (χ1) is 17.5. The maximum absolute atomic E-state index is 15.6. The zero-order chi connectivity index (χ0) is 27.1. The Morgan fingerprint density at radius 2 is 1.19 bits per heavy atom. The summed E-state index contributed by atoms with van der Waals surface area (Å²) in [6.07, 6.45) is 2.52. The van der Waals surface area contributed by atoms with Gasteiger partial charge in [-0.05, 0) is 41.5 Å². The van der Waals surface area contributed by atoms with Crippen LogP contribution < -0.4 is 11.5 Å². The summed E-state index contributed by atoms with van der Waals surface area (Å²) in [5.41, 5.74) is 6.91. The smallest absolute Gasteiger partial charge is 0.202 e. The zero-order valence-electron chi connectivity index (χ0n) is 18.7. The molecule has 0 amide bonds. The van der Waals surface area contributed by atoms with E-state index in [2.05, 4.69) is 0 Å². The molecule has 4 aromatic carbocycles. The maximum atomic E-state index is 15.6. The standard InChI is InChI=1S/C27H18ClF5N2O2/c28-18-4-2-1-3-13(18)9-10-27(14-5-7-15(29)8-6-14,16-11-19(34)25(36)23(32)21(16)30)17-12-20(35)26(37)24(33)22(17)31/h1-12,36-37H,34-35H2. The van der Waals surface area contributed by atoms with Crippen molar-refractivity contribution in [3.8, 4) is 11.5 Å². The fourth-order valence-electron chi connectivity index (χ4n) is 4.12. The van der Waals surface area contributed by atoms with Gasteiger partial charge in [0.2, 0.25) is 11.6 Å². The molecule has 0 spiro atoms. The molecule has 37 heavy (non-hydrogen) atoms. The third kappa shape index (κ3) is 4.31. The molecule has 0 radical (unpaired) electrons. The molecule has 0 saturated carbocycles. The van der Waals surface area contributed by atoms with Crippen molar-refractivity contribution in [1.82, 2.24) is 0 Å². The van der Waals surface area contributed by atoms with Crippen LogP contribution in [0.1, 0.15) is 22.3 Å². The molecule has 0 bridgehead atoms. The minimum Gasteiger partial charge on any atom is -0.503 e. The number of allylic oxidation sites excluding steroid dienone is 1. The van der Waals surface area contributed by atoms with Gasteiger partial charge in [0.25, 0.3) is 0 Å². The van der Waals surface area contributed by atoms with Gasteiger partial charge in [-0.1, -0.05) is 54.1 Å². The molecule has 0 heterocycles. The number of nitrogen functional groups attached to an aromatic ring is 2. The summed E-state index contributed by atoms with van der Waals surface area (Å²) in [6, 6.07) is 12.3. The van der Waals surface area contributed by atoms with E-state index in [0.717, 1.165) is 36.4 Å². The van der Waals surface area contributed by atoms with E-state index in [-0.39, 0.29) is 10.6 Å². The third-order valence-corrected chi connectivity index (χ3v) is 6.33. The number of hydrogen-bond acceptors (Lipinski definition) is 4. The minimum atomic E-state index is -2.27. The topological polar surface area (TPSA) is 92.5 Å². The van der Waals surface area contributed by atoms with E-state index in [0.29, 0.717) is 5.56 Å². The Labute approximate surface area is 212 Å². The number of aromatic hydroxyl groups is 2. The minimum absolute atomic E-state index is 0.0658. The normalized spacial score (nSPS) is 11.8. The van der Waals surface area contributed by atoms with Crippen LogP contribution in [0.3, 0.4) is 0 Å². The van der Waals surface area contributed by atoms with Crippen molar-refractivity contribution in [3.05, 3.63) is 123 Å². The van der Waals surface area contributed by atoms with Gasteiger partial charge in [-0.2, -0.15) is 8.78 Å².